The lowest BCUT2D eigenvalue weighted by molar-refractivity contribution is 0.181. The smallest absolute Gasteiger partial charge is 0.298 e. The van der Waals surface area contributed by atoms with Gasteiger partial charge in [0.2, 0.25) is 0 Å². The molecule has 0 unspecified atom stereocenters. The van der Waals surface area contributed by atoms with Gasteiger partial charge in [-0.25, -0.2) is 9.19 Å². The molecule has 4 aromatic rings. The second kappa shape index (κ2) is 6.23. The van der Waals surface area contributed by atoms with Crippen molar-refractivity contribution in [3.8, 4) is 11.1 Å². The summed E-state index contributed by atoms with van der Waals surface area (Å²) in [6.45, 7) is 0.337. The molecule has 0 atom stereocenters. The summed E-state index contributed by atoms with van der Waals surface area (Å²) in [5, 5.41) is 14.8. The van der Waals surface area contributed by atoms with Gasteiger partial charge in [-0.2, -0.15) is 5.10 Å². The highest BCUT2D eigenvalue weighted by atomic mass is 16.5. The van der Waals surface area contributed by atoms with Crippen LogP contribution in [-0.2, 0) is 11.3 Å². The van der Waals surface area contributed by atoms with Crippen molar-refractivity contribution in [3.05, 3.63) is 58.6 Å². The van der Waals surface area contributed by atoms with Crippen LogP contribution >= 0.6 is 0 Å². The predicted molar refractivity (Wildman–Crippen MR) is 98.8 cm³/mol. The summed E-state index contributed by atoms with van der Waals surface area (Å²) < 4.78 is 8.45. The maximum atomic E-state index is 12.7. The fraction of sp³-hybridized carbons (Fsp3) is 0.222. The number of fused-ring (bicyclic) bond motifs is 3. The molecule has 0 aliphatic rings. The highest BCUT2D eigenvalue weighted by Gasteiger charge is 2.19. The van der Waals surface area contributed by atoms with E-state index in [0.29, 0.717) is 17.8 Å². The zero-order valence-corrected chi connectivity index (χ0v) is 14.7. The molecular weight excluding hydrogens is 332 g/mol. The van der Waals surface area contributed by atoms with E-state index in [-0.39, 0.29) is 11.1 Å². The Balaban J connectivity index is 2.07. The first-order chi connectivity index (χ1) is 12.6. The molecule has 8 heteroatoms. The van der Waals surface area contributed by atoms with Crippen LogP contribution in [0.2, 0.25) is 0 Å². The van der Waals surface area contributed by atoms with Crippen LogP contribution in [0.25, 0.3) is 27.8 Å². The van der Waals surface area contributed by atoms with Crippen molar-refractivity contribution >= 4 is 16.7 Å². The first kappa shape index (κ1) is 16.2. The number of rotatable bonds is 4. The summed E-state index contributed by atoms with van der Waals surface area (Å²) in [6, 6.07) is 11.7. The third-order valence-electron chi connectivity index (χ3n) is 4.21. The summed E-state index contributed by atoms with van der Waals surface area (Å²) in [5.41, 5.74) is 3.81. The van der Waals surface area contributed by atoms with E-state index in [1.54, 1.807) is 36.9 Å². The Bertz CT molecular complexity index is 1150. The zero-order chi connectivity index (χ0) is 18.3. The van der Waals surface area contributed by atoms with E-state index in [2.05, 4.69) is 15.3 Å². The molecule has 1 aromatic carbocycles. The highest BCUT2D eigenvalue weighted by molar-refractivity contribution is 5.84. The Morgan fingerprint density at radius 3 is 2.58 bits per heavy atom. The third kappa shape index (κ3) is 2.42. The van der Waals surface area contributed by atoms with Crippen molar-refractivity contribution in [1.82, 2.24) is 24.5 Å². The number of hydrogen-bond acceptors (Lipinski definition) is 6. The van der Waals surface area contributed by atoms with Crippen molar-refractivity contribution in [1.29, 1.82) is 0 Å². The molecule has 3 aromatic heterocycles. The van der Waals surface area contributed by atoms with Gasteiger partial charge < -0.3 is 9.75 Å². The molecule has 0 bridgehead atoms. The maximum absolute atomic E-state index is 12.7. The van der Waals surface area contributed by atoms with Gasteiger partial charge in [-0.15, -0.1) is 10.2 Å². The maximum Gasteiger partial charge on any atom is 0.298 e. The van der Waals surface area contributed by atoms with Gasteiger partial charge in [0.15, 0.2) is 11.2 Å². The van der Waals surface area contributed by atoms with Gasteiger partial charge in [-0.1, -0.05) is 30.3 Å². The van der Waals surface area contributed by atoms with E-state index in [1.165, 1.54) is 4.68 Å². The normalized spacial score (nSPS) is 11.3. The van der Waals surface area contributed by atoms with Crippen LogP contribution < -0.4 is 10.6 Å². The van der Waals surface area contributed by atoms with Crippen LogP contribution in [0.15, 0.2) is 47.4 Å². The Labute approximate surface area is 149 Å². The van der Waals surface area contributed by atoms with Gasteiger partial charge in [0.05, 0.1) is 17.9 Å². The average molecular weight is 350 g/mol. The van der Waals surface area contributed by atoms with Gasteiger partial charge >= 0.3 is 0 Å². The molecule has 0 fully saturated rings. The molecule has 0 N–H and O–H groups in total. The van der Waals surface area contributed by atoms with Gasteiger partial charge in [-0.05, 0) is 11.6 Å². The fourth-order valence-corrected chi connectivity index (χ4v) is 3.03. The fourth-order valence-electron chi connectivity index (χ4n) is 3.03. The van der Waals surface area contributed by atoms with E-state index < -0.39 is 0 Å². The molecule has 0 saturated heterocycles. The van der Waals surface area contributed by atoms with Crippen molar-refractivity contribution < 1.29 is 4.74 Å². The van der Waals surface area contributed by atoms with Crippen LogP contribution in [0.4, 0.5) is 0 Å². The summed E-state index contributed by atoms with van der Waals surface area (Å²) in [4.78, 5) is 12.7. The number of hydrogen-bond donors (Lipinski definition) is 0. The highest BCUT2D eigenvalue weighted by Crippen LogP contribution is 2.28. The number of methoxy groups -OCH3 is 1. The van der Waals surface area contributed by atoms with E-state index in [9.17, 15) is 4.79 Å². The zero-order valence-electron chi connectivity index (χ0n) is 14.7. The third-order valence-corrected chi connectivity index (χ3v) is 4.21. The predicted octanol–water partition coefficient (Wildman–Crippen LogP) is 1.45. The lowest BCUT2D eigenvalue weighted by atomic mass is 10.1. The van der Waals surface area contributed by atoms with Crippen molar-refractivity contribution in [2.75, 3.05) is 26.2 Å². The van der Waals surface area contributed by atoms with Crippen LogP contribution in [0.5, 0.6) is 0 Å². The number of nitrogens with zero attached hydrogens (tertiary/aromatic N) is 6. The summed E-state index contributed by atoms with van der Waals surface area (Å²) >= 11 is 0. The summed E-state index contributed by atoms with van der Waals surface area (Å²) in [6.07, 6.45) is 1.70. The number of ether oxygens (including phenoxy) is 1. The summed E-state index contributed by atoms with van der Waals surface area (Å²) in [7, 11) is 5.20. The van der Waals surface area contributed by atoms with Crippen LogP contribution in [0.3, 0.4) is 0 Å². The minimum Gasteiger partial charge on any atom is -0.378 e. The van der Waals surface area contributed by atoms with Crippen LogP contribution in [0.1, 0.15) is 5.69 Å². The Kier molecular flexibility index (Phi) is 3.89. The quantitative estimate of drug-likeness (QED) is 0.554. The molecule has 0 amide bonds. The molecule has 0 aliphatic carbocycles. The average Bonchev–Trinajstić information content (AvgIpc) is 3.01. The first-order valence-electron chi connectivity index (χ1n) is 8.13. The van der Waals surface area contributed by atoms with Crippen LogP contribution in [0, 0.1) is 0 Å². The minimum absolute atomic E-state index is 0.244. The van der Waals surface area contributed by atoms with Crippen LogP contribution in [-0.4, -0.2) is 45.7 Å². The Morgan fingerprint density at radius 1 is 1.12 bits per heavy atom. The Morgan fingerprint density at radius 2 is 1.88 bits per heavy atom. The van der Waals surface area contributed by atoms with E-state index >= 15 is 0 Å². The summed E-state index contributed by atoms with van der Waals surface area (Å²) in [5.74, 6) is 0. The van der Waals surface area contributed by atoms with Gasteiger partial charge in [0, 0.05) is 27.4 Å². The lowest BCUT2D eigenvalue weighted by Crippen LogP contribution is -2.36. The molecular formula is C18H18N6O2. The first-order valence-corrected chi connectivity index (χ1v) is 8.13. The van der Waals surface area contributed by atoms with Crippen molar-refractivity contribution in [2.24, 2.45) is 0 Å². The molecule has 26 heavy (non-hydrogen) atoms. The molecule has 4 rings (SSSR count). The number of pyridine rings is 1. The molecule has 0 spiro atoms. The molecule has 8 nitrogen and oxygen atoms in total. The van der Waals surface area contributed by atoms with E-state index in [0.717, 1.165) is 16.8 Å². The molecule has 132 valence electrons. The van der Waals surface area contributed by atoms with Crippen molar-refractivity contribution in [2.45, 2.75) is 6.61 Å². The number of benzene rings is 1. The lowest BCUT2D eigenvalue weighted by Gasteiger charge is -2.15. The van der Waals surface area contributed by atoms with E-state index in [4.69, 9.17) is 4.74 Å². The minimum atomic E-state index is -0.244. The monoisotopic (exact) mass is 350 g/mol. The Hall–Kier alpha value is -3.26. The number of aromatic nitrogens is 5. The standard InChI is InChI=1S/C18H18N6O2/c1-22(2)23-10-9-14-16(18(23)25)19-20-17-15(12-7-5-4-6-8-12)13(11-26-3)21-24(14)17/h4-10H,11H2,1-3H3. The molecule has 3 heterocycles. The molecule has 0 radical (unpaired) electrons. The SMILES string of the molecule is COCc1nn2c(nnc3c(=O)n(N(C)C)ccc32)c1-c1ccccc1. The molecule has 0 aliphatic heterocycles. The second-order valence-electron chi connectivity index (χ2n) is 6.10. The van der Waals surface area contributed by atoms with Crippen molar-refractivity contribution in [3.63, 3.8) is 0 Å². The van der Waals surface area contributed by atoms with Gasteiger partial charge in [0.25, 0.3) is 5.56 Å². The van der Waals surface area contributed by atoms with Gasteiger partial charge in [-0.3, -0.25) is 4.79 Å². The van der Waals surface area contributed by atoms with E-state index in [1.807, 2.05) is 36.4 Å². The second-order valence-corrected chi connectivity index (χ2v) is 6.10. The topological polar surface area (TPSA) is 77.5 Å². The van der Waals surface area contributed by atoms with Gasteiger partial charge in [0.1, 0.15) is 5.52 Å². The molecule has 0 saturated carbocycles. The largest absolute Gasteiger partial charge is 0.378 e.